The van der Waals surface area contributed by atoms with Gasteiger partial charge in [0.05, 0.1) is 11.1 Å². The van der Waals surface area contributed by atoms with Gasteiger partial charge in [-0.15, -0.1) is 0 Å². The first kappa shape index (κ1) is 22.4. The number of hydrogen-bond acceptors (Lipinski definition) is 7. The van der Waals surface area contributed by atoms with Crippen LogP contribution in [-0.2, 0) is 6.54 Å². The molecular weight excluding hydrogens is 458 g/mol. The summed E-state index contributed by atoms with van der Waals surface area (Å²) >= 11 is 1.51. The zero-order valence-electron chi connectivity index (χ0n) is 18.6. The standard InChI is InChI=1S/C27H21N5O2S/c33-20-9-11-21(12-10-20)35-24-13-8-19(27(34)29-16-18-5-2-1-3-6-18)15-23(24)32-26-22-7-4-14-28-25(22)30-17-31-26/h1-15,17,33H,16H2,(H,29,34)(H,28,30,31,32). The third-order valence-corrected chi connectivity index (χ3v) is 6.35. The Morgan fingerprint density at radius 1 is 0.886 bits per heavy atom. The first-order valence-electron chi connectivity index (χ1n) is 10.9. The molecule has 0 saturated heterocycles. The molecule has 0 aliphatic carbocycles. The number of anilines is 2. The quantitative estimate of drug-likeness (QED) is 0.281. The minimum Gasteiger partial charge on any atom is -0.508 e. The van der Waals surface area contributed by atoms with Gasteiger partial charge in [0.1, 0.15) is 17.9 Å². The van der Waals surface area contributed by atoms with Crippen molar-refractivity contribution in [3.8, 4) is 5.75 Å². The van der Waals surface area contributed by atoms with E-state index in [-0.39, 0.29) is 11.7 Å². The number of rotatable bonds is 7. The number of phenolic OH excluding ortho intramolecular Hbond substituents is 1. The van der Waals surface area contributed by atoms with E-state index in [4.69, 9.17) is 0 Å². The van der Waals surface area contributed by atoms with Gasteiger partial charge in [-0.25, -0.2) is 15.0 Å². The molecule has 0 fully saturated rings. The van der Waals surface area contributed by atoms with Gasteiger partial charge in [0.2, 0.25) is 0 Å². The number of aromatic nitrogens is 3. The molecule has 3 N–H and O–H groups in total. The third kappa shape index (κ3) is 5.39. The number of fused-ring (bicyclic) bond motifs is 1. The maximum atomic E-state index is 12.9. The van der Waals surface area contributed by atoms with Crippen LogP contribution in [0.25, 0.3) is 11.0 Å². The molecule has 0 atom stereocenters. The largest absolute Gasteiger partial charge is 0.508 e. The molecule has 172 valence electrons. The number of aromatic hydroxyl groups is 1. The highest BCUT2D eigenvalue weighted by Gasteiger charge is 2.13. The lowest BCUT2D eigenvalue weighted by molar-refractivity contribution is 0.0951. The van der Waals surface area contributed by atoms with Crippen molar-refractivity contribution in [3.63, 3.8) is 0 Å². The average Bonchev–Trinajstić information content (AvgIpc) is 2.90. The van der Waals surface area contributed by atoms with E-state index in [0.717, 1.165) is 26.4 Å². The van der Waals surface area contributed by atoms with Gasteiger partial charge < -0.3 is 15.7 Å². The summed E-state index contributed by atoms with van der Waals surface area (Å²) in [6.07, 6.45) is 3.14. The number of benzene rings is 3. The van der Waals surface area contributed by atoms with E-state index in [1.165, 1.54) is 18.1 Å². The van der Waals surface area contributed by atoms with Crippen LogP contribution in [0.5, 0.6) is 5.75 Å². The number of nitrogens with zero attached hydrogens (tertiary/aromatic N) is 3. The van der Waals surface area contributed by atoms with Gasteiger partial charge in [0.15, 0.2) is 5.65 Å². The van der Waals surface area contributed by atoms with E-state index in [0.29, 0.717) is 23.6 Å². The molecule has 5 aromatic rings. The highest BCUT2D eigenvalue weighted by molar-refractivity contribution is 7.99. The summed E-state index contributed by atoms with van der Waals surface area (Å²) in [5, 5.41) is 16.7. The van der Waals surface area contributed by atoms with Gasteiger partial charge in [-0.05, 0) is 60.2 Å². The number of carbonyl (C=O) groups is 1. The van der Waals surface area contributed by atoms with Gasteiger partial charge in [0.25, 0.3) is 5.91 Å². The maximum absolute atomic E-state index is 12.9. The van der Waals surface area contributed by atoms with Crippen LogP contribution in [-0.4, -0.2) is 26.0 Å². The Hall–Kier alpha value is -4.43. The molecule has 2 aromatic heterocycles. The monoisotopic (exact) mass is 479 g/mol. The second kappa shape index (κ2) is 10.2. The predicted molar refractivity (Wildman–Crippen MR) is 137 cm³/mol. The summed E-state index contributed by atoms with van der Waals surface area (Å²) < 4.78 is 0. The van der Waals surface area contributed by atoms with Crippen LogP contribution in [0.4, 0.5) is 11.5 Å². The lowest BCUT2D eigenvalue weighted by atomic mass is 10.1. The van der Waals surface area contributed by atoms with E-state index >= 15 is 0 Å². The first-order valence-corrected chi connectivity index (χ1v) is 11.7. The Labute approximate surface area is 206 Å². The lowest BCUT2D eigenvalue weighted by Crippen LogP contribution is -2.22. The van der Waals surface area contributed by atoms with Crippen LogP contribution in [0, 0.1) is 0 Å². The molecule has 2 heterocycles. The van der Waals surface area contributed by atoms with Crippen LogP contribution in [0.1, 0.15) is 15.9 Å². The summed E-state index contributed by atoms with van der Waals surface area (Å²) in [7, 11) is 0. The van der Waals surface area contributed by atoms with E-state index in [1.807, 2.05) is 66.7 Å². The fourth-order valence-electron chi connectivity index (χ4n) is 3.50. The normalized spacial score (nSPS) is 10.7. The zero-order chi connectivity index (χ0) is 24.0. The third-order valence-electron chi connectivity index (χ3n) is 5.26. The van der Waals surface area contributed by atoms with E-state index in [2.05, 4.69) is 25.6 Å². The summed E-state index contributed by atoms with van der Waals surface area (Å²) in [6, 6.07) is 26.0. The minimum absolute atomic E-state index is 0.174. The van der Waals surface area contributed by atoms with Crippen molar-refractivity contribution < 1.29 is 9.90 Å². The van der Waals surface area contributed by atoms with Crippen molar-refractivity contribution in [2.45, 2.75) is 16.3 Å². The highest BCUT2D eigenvalue weighted by atomic mass is 32.2. The number of phenols is 1. The van der Waals surface area contributed by atoms with E-state index in [1.54, 1.807) is 24.4 Å². The SMILES string of the molecule is O=C(NCc1ccccc1)c1ccc(Sc2ccc(O)cc2)c(Nc2ncnc3ncccc23)c1. The summed E-state index contributed by atoms with van der Waals surface area (Å²) in [5.41, 5.74) is 2.85. The fourth-order valence-corrected chi connectivity index (χ4v) is 4.38. The topological polar surface area (TPSA) is 100 Å². The molecule has 0 radical (unpaired) electrons. The molecule has 7 nitrogen and oxygen atoms in total. The molecule has 35 heavy (non-hydrogen) atoms. The van der Waals surface area contributed by atoms with Crippen LogP contribution < -0.4 is 10.6 Å². The maximum Gasteiger partial charge on any atom is 0.251 e. The molecule has 0 bridgehead atoms. The van der Waals surface area contributed by atoms with Gasteiger partial charge >= 0.3 is 0 Å². The highest BCUT2D eigenvalue weighted by Crippen LogP contribution is 2.36. The average molecular weight is 480 g/mol. The van der Waals surface area contributed by atoms with Crippen molar-refractivity contribution in [2.24, 2.45) is 0 Å². The Bertz CT molecular complexity index is 1470. The number of carbonyl (C=O) groups excluding carboxylic acids is 1. The molecule has 0 aliphatic rings. The fraction of sp³-hybridized carbons (Fsp3) is 0.0370. The number of hydrogen-bond donors (Lipinski definition) is 3. The Kier molecular flexibility index (Phi) is 6.54. The smallest absolute Gasteiger partial charge is 0.251 e. The zero-order valence-corrected chi connectivity index (χ0v) is 19.4. The van der Waals surface area contributed by atoms with Gasteiger partial charge in [-0.3, -0.25) is 4.79 Å². The minimum atomic E-state index is -0.174. The summed E-state index contributed by atoms with van der Waals surface area (Å²) in [6.45, 7) is 0.439. The number of pyridine rings is 1. The van der Waals surface area contributed by atoms with E-state index < -0.39 is 0 Å². The van der Waals surface area contributed by atoms with Crippen molar-refractivity contribution in [1.29, 1.82) is 0 Å². The molecule has 0 saturated carbocycles. The molecule has 1 amide bonds. The predicted octanol–water partition coefficient (Wildman–Crippen LogP) is 5.56. The van der Waals surface area contributed by atoms with Gasteiger partial charge in [-0.2, -0.15) is 0 Å². The second-order valence-corrected chi connectivity index (χ2v) is 8.81. The second-order valence-electron chi connectivity index (χ2n) is 7.70. The molecule has 8 heteroatoms. The first-order chi connectivity index (χ1) is 17.2. The van der Waals surface area contributed by atoms with E-state index in [9.17, 15) is 9.90 Å². The molecule has 0 spiro atoms. The molecule has 0 unspecified atom stereocenters. The van der Waals surface area contributed by atoms with Crippen LogP contribution in [0.2, 0.25) is 0 Å². The summed E-state index contributed by atoms with van der Waals surface area (Å²) in [4.78, 5) is 27.7. The van der Waals surface area contributed by atoms with Crippen molar-refractivity contribution in [1.82, 2.24) is 20.3 Å². The van der Waals surface area contributed by atoms with Gasteiger partial charge in [0, 0.05) is 28.1 Å². The van der Waals surface area contributed by atoms with Crippen LogP contribution in [0.15, 0.2) is 107 Å². The Morgan fingerprint density at radius 2 is 1.71 bits per heavy atom. The Morgan fingerprint density at radius 3 is 2.54 bits per heavy atom. The number of nitrogens with one attached hydrogen (secondary N) is 2. The Balaban J connectivity index is 1.46. The molecule has 5 rings (SSSR count). The molecular formula is C27H21N5O2S. The lowest BCUT2D eigenvalue weighted by Gasteiger charge is -2.14. The number of amides is 1. The summed E-state index contributed by atoms with van der Waals surface area (Å²) in [5.74, 6) is 0.628. The molecule has 0 aliphatic heterocycles. The van der Waals surface area contributed by atoms with Crippen molar-refractivity contribution in [2.75, 3.05) is 5.32 Å². The van der Waals surface area contributed by atoms with Crippen molar-refractivity contribution in [3.05, 3.63) is 109 Å². The van der Waals surface area contributed by atoms with Crippen molar-refractivity contribution >= 4 is 40.2 Å². The van der Waals surface area contributed by atoms with Crippen LogP contribution in [0.3, 0.4) is 0 Å². The van der Waals surface area contributed by atoms with Crippen LogP contribution >= 0.6 is 11.8 Å². The van der Waals surface area contributed by atoms with Gasteiger partial charge in [-0.1, -0.05) is 42.1 Å². The molecule has 3 aromatic carbocycles.